The van der Waals surface area contributed by atoms with Gasteiger partial charge in [0.25, 0.3) is 5.82 Å². The molecule has 0 radical (unpaired) electrons. The van der Waals surface area contributed by atoms with Crippen molar-refractivity contribution in [3.63, 3.8) is 0 Å². The minimum Gasteiger partial charge on any atom is -1.00 e. The third-order valence-corrected chi connectivity index (χ3v) is 3.24. The van der Waals surface area contributed by atoms with Crippen LogP contribution in [0.25, 0.3) is 11.0 Å². The normalized spacial score (nSPS) is 9.95. The van der Waals surface area contributed by atoms with E-state index in [0.29, 0.717) is 12.1 Å². The monoisotopic (exact) mass is 407 g/mol. The number of nitrogens with two attached hydrogens (primary N) is 1. The number of carboxylic acid groups (broad SMARTS) is 1. The van der Waals surface area contributed by atoms with E-state index in [0.717, 1.165) is 29.9 Å². The van der Waals surface area contributed by atoms with E-state index in [2.05, 4.69) is 16.1 Å². The average Bonchev–Trinajstić information content (AvgIpc) is 2.69. The number of nitrogens with zero attached hydrogens (tertiary/aromatic N) is 2. The molecule has 0 bridgehead atoms. The molecule has 0 atom stereocenters. The van der Waals surface area contributed by atoms with Crippen molar-refractivity contribution in [1.29, 1.82) is 0 Å². The molecule has 0 amide bonds. The van der Waals surface area contributed by atoms with Crippen LogP contribution in [0.2, 0.25) is 0 Å². The fourth-order valence-corrected chi connectivity index (χ4v) is 2.45. The van der Waals surface area contributed by atoms with E-state index in [1.165, 1.54) is 0 Å². The first kappa shape index (κ1) is 19.1. The number of benzene rings is 1. The Balaban J connectivity index is 0.00000180. The maximum Gasteiger partial charge on any atom is 0.335 e. The van der Waals surface area contributed by atoms with Gasteiger partial charge >= 0.3 is 5.97 Å². The smallest absolute Gasteiger partial charge is 0.335 e. The molecule has 0 unspecified atom stereocenters. The summed E-state index contributed by atoms with van der Waals surface area (Å²) in [5.74, 6) is 0.121. The second kappa shape index (κ2) is 7.75. The zero-order chi connectivity index (χ0) is 13.3. The molecule has 1 aromatic carbocycles. The topological polar surface area (TPSA) is 72.1 Å². The van der Waals surface area contributed by atoms with Gasteiger partial charge in [0.15, 0.2) is 11.0 Å². The van der Waals surface area contributed by atoms with Gasteiger partial charge in [-0.15, -0.1) is 17.0 Å². The molecule has 1 aromatic heterocycles. The van der Waals surface area contributed by atoms with Gasteiger partial charge in [-0.25, -0.2) is 13.9 Å². The number of imidazole rings is 1. The van der Waals surface area contributed by atoms with Crippen LogP contribution in [0, 0.1) is 0 Å². The zero-order valence-corrected chi connectivity index (χ0v) is 14.8. The Hall–Kier alpha value is -0.920. The number of fused-ring (bicyclic) bond motifs is 1. The lowest BCUT2D eigenvalue weighted by molar-refractivity contribution is -0.676. The fraction of sp³-hybridized carbons (Fsp3) is 0.385. The molecule has 0 fully saturated rings. The van der Waals surface area contributed by atoms with Crippen LogP contribution < -0.4 is 27.3 Å². The Morgan fingerprint density at radius 1 is 1.40 bits per heavy atom. The summed E-state index contributed by atoms with van der Waals surface area (Å²) in [5, 5.41) is 9.06. The summed E-state index contributed by atoms with van der Waals surface area (Å²) in [6.45, 7) is 6.13. The van der Waals surface area contributed by atoms with E-state index in [-0.39, 0.29) is 34.0 Å². The maximum atomic E-state index is 11.0. The lowest BCUT2D eigenvalue weighted by Crippen LogP contribution is -3.00. The number of aromatic carboxylic acids is 1. The van der Waals surface area contributed by atoms with Gasteiger partial charge in [-0.2, -0.15) is 0 Å². The Kier molecular flexibility index (Phi) is 7.40. The molecule has 0 aliphatic rings. The standard InChI is InChI=1S/C13H17N3O2.2BrH/c1-3-15-10-6-5-9(13(17)18)7-11(10)16(4-2)12(15)8-14;;/h5-7H,3-4,8,14H2,1-2H3;2*1H. The molecule has 0 saturated heterocycles. The third kappa shape index (κ3) is 3.05. The van der Waals surface area contributed by atoms with E-state index >= 15 is 0 Å². The quantitative estimate of drug-likeness (QED) is 0.618. The van der Waals surface area contributed by atoms with Crippen molar-refractivity contribution in [2.24, 2.45) is 5.73 Å². The van der Waals surface area contributed by atoms with Gasteiger partial charge in [0.1, 0.15) is 0 Å². The fourth-order valence-electron chi connectivity index (χ4n) is 2.45. The van der Waals surface area contributed by atoms with Gasteiger partial charge in [0, 0.05) is 6.07 Å². The molecule has 0 spiro atoms. The van der Waals surface area contributed by atoms with Gasteiger partial charge in [0.05, 0.1) is 25.2 Å². The van der Waals surface area contributed by atoms with Crippen LogP contribution in [0.4, 0.5) is 0 Å². The summed E-state index contributed by atoms with van der Waals surface area (Å²) < 4.78 is 4.20. The number of rotatable bonds is 4. The highest BCUT2D eigenvalue weighted by molar-refractivity contribution is 8.93. The summed E-state index contributed by atoms with van der Waals surface area (Å²) in [6, 6.07) is 5.21. The third-order valence-electron chi connectivity index (χ3n) is 3.24. The van der Waals surface area contributed by atoms with Crippen molar-refractivity contribution in [2.45, 2.75) is 33.5 Å². The summed E-state index contributed by atoms with van der Waals surface area (Å²) in [7, 11) is 0. The van der Waals surface area contributed by atoms with Crippen LogP contribution in [0.3, 0.4) is 0 Å². The molecule has 3 N–H and O–H groups in total. The van der Waals surface area contributed by atoms with Gasteiger partial charge < -0.3 is 27.8 Å². The van der Waals surface area contributed by atoms with Crippen molar-refractivity contribution >= 4 is 34.0 Å². The van der Waals surface area contributed by atoms with Crippen LogP contribution in [-0.4, -0.2) is 15.6 Å². The van der Waals surface area contributed by atoms with Crippen molar-refractivity contribution in [3.05, 3.63) is 29.6 Å². The molecule has 20 heavy (non-hydrogen) atoms. The summed E-state index contributed by atoms with van der Waals surface area (Å²) in [5.41, 5.74) is 8.08. The van der Waals surface area contributed by atoms with E-state index in [9.17, 15) is 4.79 Å². The SMILES string of the molecule is Br.CCn1c(CN)[n+](CC)c2ccc(C(=O)O)cc21.[Br-]. The van der Waals surface area contributed by atoms with Crippen molar-refractivity contribution in [3.8, 4) is 0 Å². The lowest BCUT2D eigenvalue weighted by atomic mass is 10.2. The number of halogens is 2. The molecular formula is C13H19Br2N3O2. The molecule has 0 saturated carbocycles. The largest absolute Gasteiger partial charge is 1.00 e. The van der Waals surface area contributed by atoms with Crippen LogP contribution >= 0.6 is 17.0 Å². The van der Waals surface area contributed by atoms with Gasteiger partial charge in [-0.1, -0.05) is 0 Å². The summed E-state index contributed by atoms with van der Waals surface area (Å²) in [4.78, 5) is 11.0. The molecule has 2 rings (SSSR count). The summed E-state index contributed by atoms with van der Waals surface area (Å²) in [6.07, 6.45) is 0. The molecule has 0 aliphatic carbocycles. The van der Waals surface area contributed by atoms with Crippen molar-refractivity contribution in [2.75, 3.05) is 0 Å². The van der Waals surface area contributed by atoms with E-state index in [1.807, 2.05) is 13.0 Å². The molecule has 112 valence electrons. The second-order valence-electron chi connectivity index (χ2n) is 4.12. The van der Waals surface area contributed by atoms with E-state index < -0.39 is 5.97 Å². The molecule has 5 nitrogen and oxygen atoms in total. The van der Waals surface area contributed by atoms with Gasteiger partial charge in [0.2, 0.25) is 0 Å². The lowest BCUT2D eigenvalue weighted by Gasteiger charge is -1.98. The predicted molar refractivity (Wildman–Crippen MR) is 78.7 cm³/mol. The molecule has 1 heterocycles. The Bertz CT molecular complexity index is 611. The van der Waals surface area contributed by atoms with Gasteiger partial charge in [-0.05, 0) is 26.0 Å². The highest BCUT2D eigenvalue weighted by Crippen LogP contribution is 2.17. The number of hydrogen-bond donors (Lipinski definition) is 2. The van der Waals surface area contributed by atoms with Crippen LogP contribution in [0.15, 0.2) is 18.2 Å². The van der Waals surface area contributed by atoms with Crippen molar-refractivity contribution in [1.82, 2.24) is 4.57 Å². The number of aromatic nitrogens is 2. The summed E-state index contributed by atoms with van der Waals surface area (Å²) >= 11 is 0. The number of hydrogen-bond acceptors (Lipinski definition) is 2. The minimum absolute atomic E-state index is 0. The second-order valence-corrected chi connectivity index (χ2v) is 4.12. The molecule has 0 aliphatic heterocycles. The minimum atomic E-state index is -0.905. The number of carbonyl (C=O) groups is 1. The first-order valence-electron chi connectivity index (χ1n) is 6.12. The first-order valence-corrected chi connectivity index (χ1v) is 6.12. The first-order chi connectivity index (χ1) is 8.63. The average molecular weight is 409 g/mol. The van der Waals surface area contributed by atoms with E-state index in [1.54, 1.807) is 12.1 Å². The molecule has 7 heteroatoms. The number of carboxylic acids is 1. The molecule has 2 aromatic rings. The predicted octanol–water partition coefficient (Wildman–Crippen LogP) is -1.29. The highest BCUT2D eigenvalue weighted by Gasteiger charge is 2.22. The molecular weight excluding hydrogens is 390 g/mol. The van der Waals surface area contributed by atoms with Crippen molar-refractivity contribution < 1.29 is 31.4 Å². The van der Waals surface area contributed by atoms with Crippen LogP contribution in [0.1, 0.15) is 30.0 Å². The van der Waals surface area contributed by atoms with Crippen LogP contribution in [0.5, 0.6) is 0 Å². The highest BCUT2D eigenvalue weighted by atomic mass is 79.9. The van der Waals surface area contributed by atoms with Gasteiger partial charge in [-0.3, -0.25) is 0 Å². The Morgan fingerprint density at radius 3 is 2.50 bits per heavy atom. The van der Waals surface area contributed by atoms with E-state index in [4.69, 9.17) is 10.8 Å². The zero-order valence-electron chi connectivity index (χ0n) is 11.5. The Labute approximate surface area is 138 Å². The Morgan fingerprint density at radius 2 is 2.05 bits per heavy atom. The number of aryl methyl sites for hydroxylation is 2. The van der Waals surface area contributed by atoms with Crippen LogP contribution in [-0.2, 0) is 19.6 Å². The maximum absolute atomic E-state index is 11.0.